The van der Waals surface area contributed by atoms with E-state index in [0.29, 0.717) is 17.3 Å². The maximum absolute atomic E-state index is 12.3. The molecule has 0 aromatic carbocycles. The van der Waals surface area contributed by atoms with Crippen molar-refractivity contribution in [2.24, 2.45) is 17.8 Å². The molecule has 25 heavy (non-hydrogen) atoms. The van der Waals surface area contributed by atoms with Crippen LogP contribution in [0.3, 0.4) is 0 Å². The van der Waals surface area contributed by atoms with Crippen molar-refractivity contribution in [3.8, 4) is 0 Å². The third kappa shape index (κ3) is 3.94. The van der Waals surface area contributed by atoms with Crippen LogP contribution in [0.2, 0.25) is 0 Å². The summed E-state index contributed by atoms with van der Waals surface area (Å²) < 4.78 is 5.19. The summed E-state index contributed by atoms with van der Waals surface area (Å²) in [6, 6.07) is 3.47. The van der Waals surface area contributed by atoms with E-state index in [9.17, 15) is 9.59 Å². The van der Waals surface area contributed by atoms with Crippen molar-refractivity contribution >= 4 is 17.7 Å². The minimum Gasteiger partial charge on any atom is -0.452 e. The van der Waals surface area contributed by atoms with E-state index in [1.54, 1.807) is 23.2 Å². The predicted molar refractivity (Wildman–Crippen MR) is 95.4 cm³/mol. The topological polar surface area (TPSA) is 71.5 Å². The molecule has 136 valence electrons. The Morgan fingerprint density at radius 3 is 2.80 bits per heavy atom. The normalized spacial score (nSPS) is 25.5. The summed E-state index contributed by atoms with van der Waals surface area (Å²) in [5.41, 5.74) is 0.362. The Balaban J connectivity index is 1.50. The highest BCUT2D eigenvalue weighted by atomic mass is 16.5. The zero-order valence-electron chi connectivity index (χ0n) is 15.2. The van der Waals surface area contributed by atoms with Crippen molar-refractivity contribution in [3.05, 3.63) is 23.9 Å². The number of anilines is 1. The number of nitrogens with zero attached hydrogens (tertiary/aromatic N) is 2. The molecule has 0 radical (unpaired) electrons. The van der Waals surface area contributed by atoms with Crippen molar-refractivity contribution in [2.45, 2.75) is 38.6 Å². The van der Waals surface area contributed by atoms with Crippen LogP contribution in [-0.4, -0.2) is 43.6 Å². The van der Waals surface area contributed by atoms with Gasteiger partial charge in [0.25, 0.3) is 5.91 Å². The molecule has 2 aliphatic carbocycles. The Morgan fingerprint density at radius 2 is 2.16 bits per heavy atom. The minimum atomic E-state index is -0.528. The van der Waals surface area contributed by atoms with Gasteiger partial charge in [-0.3, -0.25) is 4.79 Å². The lowest BCUT2D eigenvalue weighted by Crippen LogP contribution is -2.42. The Labute approximate surface area is 148 Å². The van der Waals surface area contributed by atoms with Gasteiger partial charge in [-0.2, -0.15) is 0 Å². The second-order valence-corrected chi connectivity index (χ2v) is 7.54. The van der Waals surface area contributed by atoms with Crippen LogP contribution < -0.4 is 10.2 Å². The smallest absolute Gasteiger partial charge is 0.342 e. The third-order valence-electron chi connectivity index (χ3n) is 5.59. The van der Waals surface area contributed by atoms with Crippen molar-refractivity contribution in [1.82, 2.24) is 10.3 Å². The van der Waals surface area contributed by atoms with E-state index in [1.807, 2.05) is 14.1 Å². The number of carbonyl (C=O) groups excluding carboxylic acids is 2. The monoisotopic (exact) mass is 345 g/mol. The van der Waals surface area contributed by atoms with Gasteiger partial charge in [0.15, 0.2) is 6.61 Å². The van der Waals surface area contributed by atoms with Gasteiger partial charge in [0.2, 0.25) is 0 Å². The van der Waals surface area contributed by atoms with Gasteiger partial charge in [-0.25, -0.2) is 9.78 Å². The van der Waals surface area contributed by atoms with Gasteiger partial charge in [-0.05, 0) is 56.1 Å². The van der Waals surface area contributed by atoms with Gasteiger partial charge in [0, 0.05) is 26.3 Å². The summed E-state index contributed by atoms with van der Waals surface area (Å²) in [7, 11) is 3.62. The average Bonchev–Trinajstić information content (AvgIpc) is 3.23. The van der Waals surface area contributed by atoms with Gasteiger partial charge in [0.1, 0.15) is 11.4 Å². The van der Waals surface area contributed by atoms with Crippen LogP contribution in [0.25, 0.3) is 0 Å². The maximum Gasteiger partial charge on any atom is 0.342 e. The molecule has 1 amide bonds. The molecule has 1 heterocycles. The van der Waals surface area contributed by atoms with Crippen LogP contribution >= 0.6 is 0 Å². The van der Waals surface area contributed by atoms with Crippen LogP contribution in [0.5, 0.6) is 0 Å². The summed E-state index contributed by atoms with van der Waals surface area (Å²) >= 11 is 0. The van der Waals surface area contributed by atoms with Crippen molar-refractivity contribution in [3.63, 3.8) is 0 Å². The Bertz CT molecular complexity index is 647. The van der Waals surface area contributed by atoms with Crippen LogP contribution in [0, 0.1) is 17.8 Å². The fourth-order valence-corrected chi connectivity index (χ4v) is 4.43. The molecule has 1 aromatic heterocycles. The van der Waals surface area contributed by atoms with E-state index in [0.717, 1.165) is 11.8 Å². The molecule has 1 N–H and O–H groups in total. The number of rotatable bonds is 6. The van der Waals surface area contributed by atoms with E-state index in [4.69, 9.17) is 4.74 Å². The zero-order valence-corrected chi connectivity index (χ0v) is 15.2. The van der Waals surface area contributed by atoms with Crippen LogP contribution in [-0.2, 0) is 9.53 Å². The van der Waals surface area contributed by atoms with Gasteiger partial charge in [-0.15, -0.1) is 0 Å². The highest BCUT2D eigenvalue weighted by Gasteiger charge is 2.42. The van der Waals surface area contributed by atoms with E-state index in [2.05, 4.69) is 17.2 Å². The van der Waals surface area contributed by atoms with Gasteiger partial charge in [-0.1, -0.05) is 6.42 Å². The number of carbonyl (C=O) groups is 2. The number of ether oxygens (including phenoxy) is 1. The quantitative estimate of drug-likeness (QED) is 0.801. The largest absolute Gasteiger partial charge is 0.452 e. The van der Waals surface area contributed by atoms with E-state index >= 15 is 0 Å². The molecule has 3 rings (SSSR count). The number of hydrogen-bond donors (Lipinski definition) is 1. The molecule has 0 saturated heterocycles. The van der Waals surface area contributed by atoms with Crippen LogP contribution in [0.15, 0.2) is 18.3 Å². The fourth-order valence-electron chi connectivity index (χ4n) is 4.43. The first kappa shape index (κ1) is 17.7. The molecule has 0 unspecified atom stereocenters. The number of hydrogen-bond acceptors (Lipinski definition) is 5. The second kappa shape index (κ2) is 7.42. The summed E-state index contributed by atoms with van der Waals surface area (Å²) in [5, 5.41) is 3.01. The SMILES string of the molecule is C[C@H](NC(=O)COC(=O)c1cccnc1N(C)C)[C@H]1C[C@H]2CC[C@H]1C2. The van der Waals surface area contributed by atoms with Gasteiger partial charge >= 0.3 is 5.97 Å². The molecule has 0 aliphatic heterocycles. The van der Waals surface area contributed by atoms with Crippen LogP contribution in [0.4, 0.5) is 5.82 Å². The Morgan fingerprint density at radius 1 is 1.36 bits per heavy atom. The molecular formula is C19H27N3O3. The van der Waals surface area contributed by atoms with Crippen molar-refractivity contribution in [1.29, 1.82) is 0 Å². The summed E-state index contributed by atoms with van der Waals surface area (Å²) in [6.07, 6.45) is 6.79. The lowest BCUT2D eigenvalue weighted by Gasteiger charge is -2.28. The van der Waals surface area contributed by atoms with E-state index in [-0.39, 0.29) is 18.6 Å². The first-order valence-corrected chi connectivity index (χ1v) is 9.04. The minimum absolute atomic E-state index is 0.136. The zero-order chi connectivity index (χ0) is 18.0. The average molecular weight is 345 g/mol. The second-order valence-electron chi connectivity index (χ2n) is 7.54. The summed E-state index contributed by atoms with van der Waals surface area (Å²) in [5.74, 6) is 1.93. The maximum atomic E-state index is 12.3. The number of amides is 1. The first-order chi connectivity index (χ1) is 12.0. The molecule has 2 saturated carbocycles. The van der Waals surface area contributed by atoms with Crippen molar-refractivity contribution in [2.75, 3.05) is 25.6 Å². The van der Waals surface area contributed by atoms with E-state index < -0.39 is 5.97 Å². The predicted octanol–water partition coefficient (Wildman–Crippen LogP) is 2.25. The molecule has 2 bridgehead atoms. The number of nitrogens with one attached hydrogen (secondary N) is 1. The Kier molecular flexibility index (Phi) is 5.25. The molecule has 1 aromatic rings. The first-order valence-electron chi connectivity index (χ1n) is 9.04. The molecule has 2 fully saturated rings. The molecule has 2 aliphatic rings. The lowest BCUT2D eigenvalue weighted by atomic mass is 9.84. The number of fused-ring (bicyclic) bond motifs is 2. The molecule has 6 nitrogen and oxygen atoms in total. The summed E-state index contributed by atoms with van der Waals surface area (Å²) in [6.45, 7) is 1.81. The van der Waals surface area contributed by atoms with Gasteiger partial charge < -0.3 is 15.0 Å². The fraction of sp³-hybridized carbons (Fsp3) is 0.632. The van der Waals surface area contributed by atoms with Gasteiger partial charge in [0.05, 0.1) is 0 Å². The van der Waals surface area contributed by atoms with Crippen LogP contribution in [0.1, 0.15) is 43.0 Å². The number of aromatic nitrogens is 1. The number of esters is 1. The lowest BCUT2D eigenvalue weighted by molar-refractivity contribution is -0.125. The highest BCUT2D eigenvalue weighted by molar-refractivity contribution is 5.95. The highest BCUT2D eigenvalue weighted by Crippen LogP contribution is 2.49. The van der Waals surface area contributed by atoms with Crippen molar-refractivity contribution < 1.29 is 14.3 Å². The third-order valence-corrected chi connectivity index (χ3v) is 5.59. The molecular weight excluding hydrogens is 318 g/mol. The molecule has 4 atom stereocenters. The standard InChI is InChI=1S/C19H27N3O3/c1-12(16-10-13-6-7-14(16)9-13)21-17(23)11-25-19(24)15-5-4-8-20-18(15)22(2)3/h4-5,8,12-14,16H,6-7,9-11H2,1-3H3,(H,21,23)/t12-,13-,14-,16+/m0/s1. The summed E-state index contributed by atoms with van der Waals surface area (Å²) in [4.78, 5) is 30.3. The number of pyridine rings is 1. The van der Waals surface area contributed by atoms with E-state index in [1.165, 1.54) is 25.7 Å². The molecule has 6 heteroatoms. The Hall–Kier alpha value is -2.11. The molecule has 0 spiro atoms.